The molecule has 1 atom stereocenters. The number of carbonyl (C=O) groups is 1. The van der Waals surface area contributed by atoms with Gasteiger partial charge in [0.1, 0.15) is 23.2 Å². The molecule has 0 unspecified atom stereocenters. The number of hydrogen-bond acceptors (Lipinski definition) is 6. The monoisotopic (exact) mass is 225 g/mol. The Hall–Kier alpha value is -2.04. The zero-order chi connectivity index (χ0) is 12.3. The van der Waals surface area contributed by atoms with E-state index in [0.29, 0.717) is 0 Å². The number of carbonyl (C=O) groups excluding carboxylic acids is 1. The first-order valence-electron chi connectivity index (χ1n) is 4.32. The van der Waals surface area contributed by atoms with Gasteiger partial charge in [-0.2, -0.15) is 0 Å². The van der Waals surface area contributed by atoms with Crippen molar-refractivity contribution in [3.8, 4) is 0 Å². The third-order valence-electron chi connectivity index (χ3n) is 2.12. The van der Waals surface area contributed by atoms with Gasteiger partial charge in [0.2, 0.25) is 0 Å². The Labute approximate surface area is 91.6 Å². The lowest BCUT2D eigenvalue weighted by Gasteiger charge is -2.21. The van der Waals surface area contributed by atoms with Crippen LogP contribution in [0.2, 0.25) is 0 Å². The molecule has 0 spiro atoms. The first kappa shape index (κ1) is 12.0. The van der Waals surface area contributed by atoms with Crippen LogP contribution >= 0.6 is 0 Å². The molecule has 0 fully saturated rings. The second kappa shape index (κ2) is 4.65. The number of esters is 1. The zero-order valence-corrected chi connectivity index (χ0v) is 8.77. The van der Waals surface area contributed by atoms with Gasteiger partial charge in [-0.25, -0.2) is 4.79 Å². The summed E-state index contributed by atoms with van der Waals surface area (Å²) >= 11 is 0. The summed E-state index contributed by atoms with van der Waals surface area (Å²) in [6, 6.07) is 0. The molecule has 0 aromatic heterocycles. The van der Waals surface area contributed by atoms with Crippen LogP contribution in [-0.2, 0) is 14.3 Å². The van der Waals surface area contributed by atoms with Crippen LogP contribution < -0.4 is 0 Å². The van der Waals surface area contributed by atoms with Gasteiger partial charge in [-0.1, -0.05) is 0 Å². The molecule has 0 radical (unpaired) electrons. The smallest absolute Gasteiger partial charge is 0.340 e. The lowest BCUT2D eigenvalue weighted by molar-refractivity contribution is -0.137. The summed E-state index contributed by atoms with van der Waals surface area (Å²) in [5.41, 5.74) is -0.376. The van der Waals surface area contributed by atoms with E-state index in [9.17, 15) is 15.0 Å². The Kier molecular flexibility index (Phi) is 3.50. The highest BCUT2D eigenvalue weighted by molar-refractivity contribution is 5.93. The van der Waals surface area contributed by atoms with Gasteiger partial charge < -0.3 is 19.7 Å². The molecule has 0 amide bonds. The number of nitrogens with one attached hydrogen (secondary N) is 1. The average molecular weight is 225 g/mol. The molecule has 16 heavy (non-hydrogen) atoms. The van der Waals surface area contributed by atoms with Crippen LogP contribution in [0.15, 0.2) is 28.7 Å². The number of methoxy groups -OCH3 is 2. The van der Waals surface area contributed by atoms with Gasteiger partial charge in [-0.05, 0) is 5.87 Å². The first-order valence-corrected chi connectivity index (χ1v) is 4.32. The van der Waals surface area contributed by atoms with E-state index in [4.69, 9.17) is 10.1 Å². The molecule has 6 nitrogen and oxygen atoms in total. The Balaban J connectivity index is 3.33. The summed E-state index contributed by atoms with van der Waals surface area (Å²) in [4.78, 5) is 11.3. The van der Waals surface area contributed by atoms with Crippen molar-refractivity contribution in [2.45, 2.75) is 6.10 Å². The summed E-state index contributed by atoms with van der Waals surface area (Å²) in [6.07, 6.45) is -0.361. The highest BCUT2D eigenvalue weighted by atomic mass is 16.5. The van der Waals surface area contributed by atoms with Crippen molar-refractivity contribution in [2.75, 3.05) is 14.2 Å². The maximum atomic E-state index is 11.3. The molecule has 1 rings (SSSR count). The fourth-order valence-electron chi connectivity index (χ4n) is 1.32. The second-order valence-corrected chi connectivity index (χ2v) is 2.94. The summed E-state index contributed by atoms with van der Waals surface area (Å²) in [5, 5.41) is 26.2. The van der Waals surface area contributed by atoms with Crippen LogP contribution in [0.4, 0.5) is 0 Å². The summed E-state index contributed by atoms with van der Waals surface area (Å²) in [7, 11) is 2.44. The topological polar surface area (TPSA) is 99.8 Å². The molecule has 0 saturated heterocycles. The van der Waals surface area contributed by atoms with E-state index < -0.39 is 17.8 Å². The lowest BCUT2D eigenvalue weighted by Crippen LogP contribution is -2.27. The number of ether oxygens (including phenoxy) is 2. The number of allylic oxidation sites excluding steroid dienone is 1. The molecule has 0 aromatic rings. The summed E-state index contributed by atoms with van der Waals surface area (Å²) in [5.74, 6) is 0.711. The minimum Gasteiger partial charge on any atom is -0.507 e. The van der Waals surface area contributed by atoms with Crippen LogP contribution in [-0.4, -0.2) is 42.4 Å². The van der Waals surface area contributed by atoms with Crippen LogP contribution in [0.5, 0.6) is 0 Å². The Morgan fingerprint density at radius 3 is 2.62 bits per heavy atom. The maximum Gasteiger partial charge on any atom is 0.340 e. The Morgan fingerprint density at radius 2 is 2.19 bits per heavy atom. The number of aliphatic hydroxyl groups is 2. The van der Waals surface area contributed by atoms with E-state index in [1.165, 1.54) is 7.11 Å². The quantitative estimate of drug-likeness (QED) is 0.455. The lowest BCUT2D eigenvalue weighted by atomic mass is 9.94. The average Bonchev–Trinajstić information content (AvgIpc) is 2.27. The third-order valence-corrected chi connectivity index (χ3v) is 2.12. The minimum atomic E-state index is -1.48. The normalized spacial score (nSPS) is 20.1. The molecule has 3 N–H and O–H groups in total. The van der Waals surface area contributed by atoms with Crippen LogP contribution in [0.1, 0.15) is 0 Å². The largest absolute Gasteiger partial charge is 0.507 e. The Bertz CT molecular complexity index is 428. The Morgan fingerprint density at radius 1 is 1.56 bits per heavy atom. The number of aliphatic hydroxyl groups excluding tert-OH is 2. The van der Waals surface area contributed by atoms with Gasteiger partial charge in [-0.3, -0.25) is 5.41 Å². The highest BCUT2D eigenvalue weighted by Crippen LogP contribution is 2.27. The van der Waals surface area contributed by atoms with E-state index in [0.717, 1.165) is 13.2 Å². The predicted octanol–water partition coefficient (Wildman–Crippen LogP) is 0.0512. The fraction of sp³-hybridized carbons (Fsp3) is 0.300. The van der Waals surface area contributed by atoms with Crippen LogP contribution in [0.3, 0.4) is 0 Å². The fourth-order valence-corrected chi connectivity index (χ4v) is 1.32. The van der Waals surface area contributed by atoms with E-state index in [1.807, 2.05) is 5.87 Å². The van der Waals surface area contributed by atoms with Gasteiger partial charge in [0.15, 0.2) is 0 Å². The molecular formula is C10H11NO5. The van der Waals surface area contributed by atoms with Crippen molar-refractivity contribution >= 4 is 11.8 Å². The standard InChI is InChI=1S/C10H11NO5/c1-15-7-3-6(12)8(10(14)16-2)9(13)5(7)4-11/h3,9,11-13H,1-2H3/t9-/m0/s1. The molecule has 1 aliphatic rings. The number of rotatable bonds is 2. The minimum absolute atomic E-state index is 0.0410. The van der Waals surface area contributed by atoms with Crippen molar-refractivity contribution in [1.82, 2.24) is 0 Å². The molecule has 86 valence electrons. The molecule has 0 aliphatic heterocycles. The third kappa shape index (κ3) is 1.84. The van der Waals surface area contributed by atoms with Crippen LogP contribution in [0, 0.1) is 5.41 Å². The van der Waals surface area contributed by atoms with E-state index in [1.54, 1.807) is 0 Å². The van der Waals surface area contributed by atoms with Gasteiger partial charge in [0.25, 0.3) is 0 Å². The van der Waals surface area contributed by atoms with Gasteiger partial charge in [-0.15, -0.1) is 0 Å². The molecule has 0 saturated carbocycles. The first-order chi connectivity index (χ1) is 7.56. The zero-order valence-electron chi connectivity index (χ0n) is 8.77. The molecule has 0 heterocycles. The SMILES string of the molecule is COC(=O)C1=C(O)C=C(OC)C(=C=N)[C@@H]1O. The molecular weight excluding hydrogens is 214 g/mol. The van der Waals surface area contributed by atoms with Crippen molar-refractivity contribution in [1.29, 1.82) is 5.41 Å². The van der Waals surface area contributed by atoms with E-state index in [-0.39, 0.29) is 16.9 Å². The van der Waals surface area contributed by atoms with Gasteiger partial charge in [0.05, 0.1) is 19.8 Å². The van der Waals surface area contributed by atoms with Crippen LogP contribution in [0.25, 0.3) is 0 Å². The van der Waals surface area contributed by atoms with Gasteiger partial charge >= 0.3 is 5.97 Å². The summed E-state index contributed by atoms with van der Waals surface area (Å²) in [6.45, 7) is 0. The van der Waals surface area contributed by atoms with Crippen molar-refractivity contribution < 1.29 is 24.5 Å². The van der Waals surface area contributed by atoms with E-state index in [2.05, 4.69) is 4.74 Å². The molecule has 1 aliphatic carbocycles. The number of hydrogen-bond donors (Lipinski definition) is 3. The molecule has 6 heteroatoms. The van der Waals surface area contributed by atoms with Crippen molar-refractivity contribution in [3.63, 3.8) is 0 Å². The van der Waals surface area contributed by atoms with Crippen molar-refractivity contribution in [2.24, 2.45) is 0 Å². The predicted molar refractivity (Wildman–Crippen MR) is 54.0 cm³/mol. The van der Waals surface area contributed by atoms with Gasteiger partial charge in [0, 0.05) is 6.08 Å². The maximum absolute atomic E-state index is 11.3. The molecule has 0 aromatic carbocycles. The van der Waals surface area contributed by atoms with E-state index >= 15 is 0 Å². The second-order valence-electron chi connectivity index (χ2n) is 2.94. The summed E-state index contributed by atoms with van der Waals surface area (Å²) < 4.78 is 9.24. The molecule has 0 bridgehead atoms. The highest BCUT2D eigenvalue weighted by Gasteiger charge is 2.33. The van der Waals surface area contributed by atoms with Crippen molar-refractivity contribution in [3.05, 3.63) is 28.7 Å².